The zero-order valence-electron chi connectivity index (χ0n) is 8.29. The first-order valence-corrected chi connectivity index (χ1v) is 4.48. The van der Waals surface area contributed by atoms with Crippen molar-refractivity contribution in [1.82, 2.24) is 0 Å². The van der Waals surface area contributed by atoms with E-state index in [0.717, 1.165) is 0 Å². The lowest BCUT2D eigenvalue weighted by Gasteiger charge is -2.04. The van der Waals surface area contributed by atoms with Gasteiger partial charge in [-0.2, -0.15) is 0 Å². The molecule has 0 saturated carbocycles. The van der Waals surface area contributed by atoms with Crippen molar-refractivity contribution in [3.63, 3.8) is 0 Å². The van der Waals surface area contributed by atoms with Crippen molar-refractivity contribution < 1.29 is 4.79 Å². The van der Waals surface area contributed by atoms with Gasteiger partial charge in [0.15, 0.2) is 0 Å². The minimum absolute atomic E-state index is 0.0129. The number of hydrogen-bond acceptors (Lipinski definition) is 2. The number of nitrogens with two attached hydrogens (primary N) is 1. The summed E-state index contributed by atoms with van der Waals surface area (Å²) in [4.78, 5) is 11.2. The first-order valence-electron chi connectivity index (χ1n) is 4.48. The number of benzene rings is 1. The van der Waals surface area contributed by atoms with E-state index in [-0.39, 0.29) is 18.2 Å². The highest BCUT2D eigenvalue weighted by Crippen LogP contribution is 2.09. The average Bonchev–Trinajstić information content (AvgIpc) is 2.18. The predicted molar refractivity (Wildman–Crippen MR) is 60.9 cm³/mol. The quantitative estimate of drug-likeness (QED) is 0.393. The second kappa shape index (κ2) is 4.95. The molecule has 1 aromatic carbocycles. The van der Waals surface area contributed by atoms with Crippen LogP contribution in [0.3, 0.4) is 0 Å². The number of rotatable bonds is 4. The van der Waals surface area contributed by atoms with Gasteiger partial charge in [0, 0.05) is 17.7 Å². The minimum atomic E-state index is -0.111. The van der Waals surface area contributed by atoms with Crippen LogP contribution in [0, 0.1) is 5.41 Å². The number of hydrogen-bond donors (Lipinski definition) is 3. The molecule has 78 valence electrons. The number of nitrogens with one attached hydrogen (secondary N) is 2. The fraction of sp³-hybridized carbons (Fsp3) is 0.0909. The lowest BCUT2D eigenvalue weighted by Crippen LogP contribution is -2.12. The topological polar surface area (TPSA) is 79.0 Å². The Kier molecular flexibility index (Phi) is 3.62. The highest BCUT2D eigenvalue weighted by molar-refractivity contribution is 5.96. The van der Waals surface area contributed by atoms with Crippen LogP contribution in [0.2, 0.25) is 0 Å². The first kappa shape index (κ1) is 11.0. The molecule has 0 aliphatic rings. The molecule has 1 amide bonds. The maximum atomic E-state index is 11.2. The molecule has 0 atom stereocenters. The summed E-state index contributed by atoms with van der Waals surface area (Å²) in [6.07, 6.45) is 1.83. The van der Waals surface area contributed by atoms with E-state index in [9.17, 15) is 4.79 Å². The summed E-state index contributed by atoms with van der Waals surface area (Å²) in [6.45, 7) is 3.47. The van der Waals surface area contributed by atoms with Gasteiger partial charge in [-0.05, 0) is 24.3 Å². The van der Waals surface area contributed by atoms with Crippen molar-refractivity contribution in [3.8, 4) is 0 Å². The van der Waals surface area contributed by atoms with Crippen LogP contribution in [-0.2, 0) is 4.79 Å². The van der Waals surface area contributed by atoms with E-state index in [1.54, 1.807) is 30.3 Å². The second-order valence-electron chi connectivity index (χ2n) is 3.03. The number of anilines is 1. The highest BCUT2D eigenvalue weighted by atomic mass is 16.1. The normalized spacial score (nSPS) is 9.33. The van der Waals surface area contributed by atoms with E-state index in [1.807, 2.05) is 0 Å². The number of carbonyl (C=O) groups excluding carboxylic acids is 1. The molecule has 1 aromatic rings. The van der Waals surface area contributed by atoms with Crippen LogP contribution in [0.15, 0.2) is 36.9 Å². The van der Waals surface area contributed by atoms with Crippen LogP contribution in [0.5, 0.6) is 0 Å². The van der Waals surface area contributed by atoms with Gasteiger partial charge < -0.3 is 11.1 Å². The second-order valence-corrected chi connectivity index (χ2v) is 3.03. The SMILES string of the molecule is C=CCC(=O)Nc1ccc(C(=N)N)cc1. The zero-order valence-corrected chi connectivity index (χ0v) is 8.29. The standard InChI is InChI=1S/C11H13N3O/c1-2-3-10(15)14-9-6-4-8(5-7-9)11(12)13/h2,4-7H,1,3H2,(H3,12,13)(H,14,15). The smallest absolute Gasteiger partial charge is 0.228 e. The van der Waals surface area contributed by atoms with Gasteiger partial charge in [0.1, 0.15) is 5.84 Å². The van der Waals surface area contributed by atoms with E-state index >= 15 is 0 Å². The summed E-state index contributed by atoms with van der Waals surface area (Å²) in [5.41, 5.74) is 6.62. The van der Waals surface area contributed by atoms with Crippen molar-refractivity contribution >= 4 is 17.4 Å². The largest absolute Gasteiger partial charge is 0.384 e. The third-order valence-electron chi connectivity index (χ3n) is 1.81. The lowest BCUT2D eigenvalue weighted by molar-refractivity contribution is -0.115. The molecule has 4 nitrogen and oxygen atoms in total. The van der Waals surface area contributed by atoms with Crippen molar-refractivity contribution in [2.24, 2.45) is 5.73 Å². The van der Waals surface area contributed by atoms with Gasteiger partial charge in [0.25, 0.3) is 0 Å². The zero-order chi connectivity index (χ0) is 11.3. The molecule has 0 fully saturated rings. The minimum Gasteiger partial charge on any atom is -0.384 e. The third-order valence-corrected chi connectivity index (χ3v) is 1.81. The van der Waals surface area contributed by atoms with Gasteiger partial charge in [-0.3, -0.25) is 10.2 Å². The molecule has 0 spiro atoms. The predicted octanol–water partition coefficient (Wildman–Crippen LogP) is 1.49. The van der Waals surface area contributed by atoms with E-state index in [1.165, 1.54) is 0 Å². The van der Waals surface area contributed by atoms with E-state index < -0.39 is 0 Å². The third kappa shape index (κ3) is 3.27. The highest BCUT2D eigenvalue weighted by Gasteiger charge is 2.00. The van der Waals surface area contributed by atoms with Crippen LogP contribution < -0.4 is 11.1 Å². The molecule has 4 N–H and O–H groups in total. The van der Waals surface area contributed by atoms with Crippen molar-refractivity contribution in [2.45, 2.75) is 6.42 Å². The van der Waals surface area contributed by atoms with Crippen LogP contribution in [0.4, 0.5) is 5.69 Å². The number of amides is 1. The molecule has 0 aliphatic heterocycles. The van der Waals surface area contributed by atoms with Gasteiger partial charge in [-0.15, -0.1) is 6.58 Å². The van der Waals surface area contributed by atoms with Crippen LogP contribution in [-0.4, -0.2) is 11.7 Å². The van der Waals surface area contributed by atoms with Gasteiger partial charge in [0.2, 0.25) is 5.91 Å². The van der Waals surface area contributed by atoms with Gasteiger partial charge in [-0.25, -0.2) is 0 Å². The molecule has 0 aromatic heterocycles. The first-order chi connectivity index (χ1) is 7.13. The molecular formula is C11H13N3O. The Bertz CT molecular complexity index is 381. The Hall–Kier alpha value is -2.10. The van der Waals surface area contributed by atoms with E-state index in [0.29, 0.717) is 11.3 Å². The van der Waals surface area contributed by atoms with Crippen LogP contribution in [0.1, 0.15) is 12.0 Å². The molecular weight excluding hydrogens is 190 g/mol. The summed E-state index contributed by atoms with van der Waals surface area (Å²) in [7, 11) is 0. The maximum Gasteiger partial charge on any atom is 0.228 e. The summed E-state index contributed by atoms with van der Waals surface area (Å²) < 4.78 is 0. The van der Waals surface area contributed by atoms with Crippen molar-refractivity contribution in [3.05, 3.63) is 42.5 Å². The average molecular weight is 203 g/mol. The number of carbonyl (C=O) groups is 1. The molecule has 1 rings (SSSR count). The van der Waals surface area contributed by atoms with Gasteiger partial charge in [-0.1, -0.05) is 6.08 Å². The number of amidine groups is 1. The molecule has 0 unspecified atom stereocenters. The summed E-state index contributed by atoms with van der Waals surface area (Å²) in [5, 5.41) is 9.88. The Morgan fingerprint density at radius 2 is 2.07 bits per heavy atom. The van der Waals surface area contributed by atoms with Crippen LogP contribution >= 0.6 is 0 Å². The van der Waals surface area contributed by atoms with Crippen LogP contribution in [0.25, 0.3) is 0 Å². The Balaban J connectivity index is 2.68. The van der Waals surface area contributed by atoms with Gasteiger partial charge >= 0.3 is 0 Å². The fourth-order valence-electron chi connectivity index (χ4n) is 1.08. The molecule has 0 bridgehead atoms. The van der Waals surface area contributed by atoms with Crippen molar-refractivity contribution in [2.75, 3.05) is 5.32 Å². The molecule has 4 heteroatoms. The Labute approximate surface area is 88.3 Å². The summed E-state index contributed by atoms with van der Waals surface area (Å²) in [6, 6.07) is 6.78. The lowest BCUT2D eigenvalue weighted by atomic mass is 10.2. The molecule has 0 radical (unpaired) electrons. The van der Waals surface area contributed by atoms with Crippen molar-refractivity contribution in [1.29, 1.82) is 5.41 Å². The number of nitrogen functional groups attached to an aromatic ring is 1. The maximum absolute atomic E-state index is 11.2. The molecule has 15 heavy (non-hydrogen) atoms. The summed E-state index contributed by atoms with van der Waals surface area (Å²) in [5.74, 6) is -0.0976. The monoisotopic (exact) mass is 203 g/mol. The molecule has 0 heterocycles. The molecule has 0 saturated heterocycles. The Morgan fingerprint density at radius 1 is 1.47 bits per heavy atom. The van der Waals surface area contributed by atoms with E-state index in [4.69, 9.17) is 11.1 Å². The Morgan fingerprint density at radius 3 is 2.53 bits per heavy atom. The van der Waals surface area contributed by atoms with Gasteiger partial charge in [0.05, 0.1) is 0 Å². The summed E-state index contributed by atoms with van der Waals surface area (Å²) >= 11 is 0. The fourth-order valence-corrected chi connectivity index (χ4v) is 1.08. The molecule has 0 aliphatic carbocycles. The van der Waals surface area contributed by atoms with E-state index in [2.05, 4.69) is 11.9 Å².